The van der Waals surface area contributed by atoms with E-state index < -0.39 is 11.9 Å². The van der Waals surface area contributed by atoms with Crippen molar-refractivity contribution in [3.63, 3.8) is 0 Å². The molecular formula is C17H18N2O3S. The smallest absolute Gasteiger partial charge is 0.308 e. The minimum absolute atomic E-state index is 0.0266. The number of likely N-dealkylation sites (tertiary alicyclic amines) is 1. The average Bonchev–Trinajstić information content (AvgIpc) is 3.13. The molecule has 1 aliphatic rings. The Balaban J connectivity index is 1.82. The fraction of sp³-hybridized carbons (Fsp3) is 0.353. The zero-order chi connectivity index (χ0) is 16.6. The molecule has 3 rings (SSSR count). The summed E-state index contributed by atoms with van der Waals surface area (Å²) in [5, 5.41) is 12.1. The van der Waals surface area contributed by atoms with Gasteiger partial charge in [0.05, 0.1) is 5.92 Å². The number of thiazole rings is 1. The Hall–Kier alpha value is -2.21. The molecule has 23 heavy (non-hydrogen) atoms. The normalized spacial score (nSPS) is 20.7. The Kier molecular flexibility index (Phi) is 4.17. The summed E-state index contributed by atoms with van der Waals surface area (Å²) in [6.45, 7) is 4.57. The number of aliphatic carboxylic acids is 1. The first kappa shape index (κ1) is 15.7. The van der Waals surface area contributed by atoms with Gasteiger partial charge in [-0.25, -0.2) is 4.98 Å². The average molecular weight is 330 g/mol. The maximum Gasteiger partial charge on any atom is 0.308 e. The van der Waals surface area contributed by atoms with Crippen LogP contribution in [0.25, 0.3) is 10.6 Å². The third-order valence-corrected chi connectivity index (χ3v) is 5.20. The van der Waals surface area contributed by atoms with Gasteiger partial charge in [0.2, 0.25) is 0 Å². The van der Waals surface area contributed by atoms with Crippen LogP contribution in [-0.4, -0.2) is 40.0 Å². The molecule has 1 saturated heterocycles. The van der Waals surface area contributed by atoms with Gasteiger partial charge in [0.15, 0.2) is 0 Å². The highest BCUT2D eigenvalue weighted by molar-refractivity contribution is 7.13. The van der Waals surface area contributed by atoms with Crippen LogP contribution < -0.4 is 0 Å². The van der Waals surface area contributed by atoms with Crippen LogP contribution in [0.5, 0.6) is 0 Å². The van der Waals surface area contributed by atoms with Gasteiger partial charge in [0.25, 0.3) is 5.91 Å². The van der Waals surface area contributed by atoms with E-state index in [2.05, 4.69) is 4.98 Å². The quantitative estimate of drug-likeness (QED) is 0.939. The van der Waals surface area contributed by atoms with E-state index in [1.165, 1.54) is 0 Å². The number of carboxylic acid groups (broad SMARTS) is 1. The number of nitrogens with zero attached hydrogens (tertiary/aromatic N) is 2. The summed E-state index contributed by atoms with van der Waals surface area (Å²) in [5.41, 5.74) is 2.45. The summed E-state index contributed by atoms with van der Waals surface area (Å²) in [4.78, 5) is 30.0. The van der Waals surface area contributed by atoms with Crippen LogP contribution in [0.3, 0.4) is 0 Å². The van der Waals surface area contributed by atoms with Crippen LogP contribution >= 0.6 is 11.3 Å². The zero-order valence-electron chi connectivity index (χ0n) is 13.0. The molecule has 6 heteroatoms. The summed E-state index contributed by atoms with van der Waals surface area (Å²) in [5.74, 6) is -1.46. The number of aromatic nitrogens is 1. The molecule has 0 bridgehead atoms. The van der Waals surface area contributed by atoms with E-state index in [4.69, 9.17) is 0 Å². The number of rotatable bonds is 3. The first-order valence-electron chi connectivity index (χ1n) is 7.50. The van der Waals surface area contributed by atoms with Crippen LogP contribution in [0.4, 0.5) is 0 Å². The summed E-state index contributed by atoms with van der Waals surface area (Å²) in [6, 6.07) is 7.37. The lowest BCUT2D eigenvalue weighted by molar-refractivity contribution is -0.142. The van der Waals surface area contributed by atoms with Gasteiger partial charge in [-0.05, 0) is 25.0 Å². The summed E-state index contributed by atoms with van der Waals surface area (Å²) in [7, 11) is 0. The van der Waals surface area contributed by atoms with E-state index in [1.54, 1.807) is 22.3 Å². The fourth-order valence-electron chi connectivity index (χ4n) is 2.91. The van der Waals surface area contributed by atoms with Crippen molar-refractivity contribution in [1.82, 2.24) is 9.88 Å². The van der Waals surface area contributed by atoms with E-state index in [0.717, 1.165) is 16.3 Å². The molecule has 2 heterocycles. The molecule has 0 aliphatic carbocycles. The van der Waals surface area contributed by atoms with Crippen molar-refractivity contribution in [2.24, 2.45) is 11.8 Å². The number of hydrogen-bond donors (Lipinski definition) is 1. The van der Waals surface area contributed by atoms with Crippen LogP contribution in [0, 0.1) is 18.8 Å². The highest BCUT2D eigenvalue weighted by Gasteiger charge is 2.37. The minimum atomic E-state index is -0.834. The second-order valence-electron chi connectivity index (χ2n) is 6.01. The Bertz CT molecular complexity index is 756. The van der Waals surface area contributed by atoms with Crippen molar-refractivity contribution in [1.29, 1.82) is 0 Å². The van der Waals surface area contributed by atoms with Crippen molar-refractivity contribution >= 4 is 23.2 Å². The topological polar surface area (TPSA) is 70.5 Å². The number of carboxylic acids is 1. The summed E-state index contributed by atoms with van der Waals surface area (Å²) in [6.07, 6.45) is 0. The van der Waals surface area contributed by atoms with E-state index in [-0.39, 0.29) is 18.4 Å². The predicted molar refractivity (Wildman–Crippen MR) is 88.5 cm³/mol. The van der Waals surface area contributed by atoms with E-state index in [9.17, 15) is 14.7 Å². The molecule has 0 radical (unpaired) electrons. The van der Waals surface area contributed by atoms with Crippen LogP contribution in [0.15, 0.2) is 29.6 Å². The molecule has 0 saturated carbocycles. The Morgan fingerprint density at radius 1 is 1.35 bits per heavy atom. The summed E-state index contributed by atoms with van der Waals surface area (Å²) < 4.78 is 0. The van der Waals surface area contributed by atoms with Gasteiger partial charge >= 0.3 is 5.97 Å². The molecule has 1 amide bonds. The minimum Gasteiger partial charge on any atom is -0.481 e. The van der Waals surface area contributed by atoms with Gasteiger partial charge < -0.3 is 10.0 Å². The second kappa shape index (κ2) is 6.12. The Morgan fingerprint density at radius 3 is 2.74 bits per heavy atom. The highest BCUT2D eigenvalue weighted by atomic mass is 32.1. The first-order valence-corrected chi connectivity index (χ1v) is 8.38. The van der Waals surface area contributed by atoms with Gasteiger partial charge in [-0.15, -0.1) is 11.3 Å². The van der Waals surface area contributed by atoms with Crippen molar-refractivity contribution in [3.8, 4) is 10.6 Å². The third-order valence-electron chi connectivity index (χ3n) is 4.19. The molecule has 1 fully saturated rings. The Labute approximate surface area is 138 Å². The summed E-state index contributed by atoms with van der Waals surface area (Å²) >= 11 is 1.55. The van der Waals surface area contributed by atoms with Crippen LogP contribution in [-0.2, 0) is 4.79 Å². The standard InChI is InChI=1S/C17H18N2O3S/c1-10-7-19(8-14(10)17(21)22)16(20)13-5-3-4-12(6-13)15-18-11(2)9-23-15/h3-6,9-10,14H,7-8H2,1-2H3,(H,21,22)/t10-,14-/m1/s1. The largest absolute Gasteiger partial charge is 0.481 e. The highest BCUT2D eigenvalue weighted by Crippen LogP contribution is 2.27. The maximum atomic E-state index is 12.7. The van der Waals surface area contributed by atoms with Gasteiger partial charge in [-0.1, -0.05) is 19.1 Å². The lowest BCUT2D eigenvalue weighted by Gasteiger charge is -2.16. The molecule has 0 unspecified atom stereocenters. The number of benzene rings is 1. The monoisotopic (exact) mass is 330 g/mol. The van der Waals surface area contributed by atoms with Gasteiger partial charge in [-0.2, -0.15) is 0 Å². The van der Waals surface area contributed by atoms with Gasteiger partial charge in [0, 0.05) is 35.3 Å². The molecule has 0 spiro atoms. The zero-order valence-corrected chi connectivity index (χ0v) is 13.8. The number of aryl methyl sites for hydroxylation is 1. The van der Waals surface area contributed by atoms with E-state index in [0.29, 0.717) is 12.1 Å². The van der Waals surface area contributed by atoms with E-state index >= 15 is 0 Å². The number of carbonyl (C=O) groups is 2. The third kappa shape index (κ3) is 3.12. The first-order chi connectivity index (χ1) is 11.0. The molecule has 5 nitrogen and oxygen atoms in total. The molecule has 2 atom stereocenters. The molecule has 1 aromatic heterocycles. The van der Waals surface area contributed by atoms with Crippen molar-refractivity contribution in [3.05, 3.63) is 40.9 Å². The number of carbonyl (C=O) groups excluding carboxylic acids is 1. The van der Waals surface area contributed by atoms with Crippen LogP contribution in [0.2, 0.25) is 0 Å². The SMILES string of the molecule is Cc1csc(-c2cccc(C(=O)N3C[C@@H](C)[C@H](C(=O)O)C3)c2)n1. The van der Waals surface area contributed by atoms with Gasteiger partial charge in [0.1, 0.15) is 5.01 Å². The molecule has 120 valence electrons. The van der Waals surface area contributed by atoms with Gasteiger partial charge in [-0.3, -0.25) is 9.59 Å². The maximum absolute atomic E-state index is 12.7. The second-order valence-corrected chi connectivity index (χ2v) is 6.87. The van der Waals surface area contributed by atoms with Crippen LogP contribution in [0.1, 0.15) is 23.0 Å². The lowest BCUT2D eigenvalue weighted by Crippen LogP contribution is -2.29. The molecule has 1 aromatic carbocycles. The lowest BCUT2D eigenvalue weighted by atomic mass is 9.99. The molecular weight excluding hydrogens is 312 g/mol. The van der Waals surface area contributed by atoms with E-state index in [1.807, 2.05) is 37.4 Å². The Morgan fingerprint density at radius 2 is 2.13 bits per heavy atom. The molecule has 2 aromatic rings. The molecule has 1 N–H and O–H groups in total. The number of amides is 1. The van der Waals surface area contributed by atoms with Crippen molar-refractivity contribution in [2.75, 3.05) is 13.1 Å². The van der Waals surface area contributed by atoms with Crippen molar-refractivity contribution in [2.45, 2.75) is 13.8 Å². The predicted octanol–water partition coefficient (Wildman–Crippen LogP) is 2.91. The molecule has 1 aliphatic heterocycles. The number of hydrogen-bond acceptors (Lipinski definition) is 4. The van der Waals surface area contributed by atoms with Crippen molar-refractivity contribution < 1.29 is 14.7 Å². The fourth-order valence-corrected chi connectivity index (χ4v) is 3.70.